The Morgan fingerprint density at radius 3 is 2.82 bits per heavy atom. The van der Waals surface area contributed by atoms with E-state index in [4.69, 9.17) is 10.5 Å². The number of hydrogen-bond acceptors (Lipinski definition) is 4. The molecule has 1 aromatic heterocycles. The van der Waals surface area contributed by atoms with E-state index in [0.29, 0.717) is 12.4 Å². The SMILES string of the molecule is CC(C)Oc1ncccc1NCC(C)C(N)=O. The molecule has 0 fully saturated rings. The molecular formula is C12H19N3O2. The molecule has 0 aliphatic carbocycles. The summed E-state index contributed by atoms with van der Waals surface area (Å²) in [7, 11) is 0. The van der Waals surface area contributed by atoms with Crippen LogP contribution in [0.1, 0.15) is 20.8 Å². The standard InChI is InChI=1S/C12H19N3O2/c1-8(2)17-12-10(5-4-6-14-12)15-7-9(3)11(13)16/h4-6,8-9,15H,7H2,1-3H3,(H2,13,16). The molecule has 5 heteroatoms. The Balaban J connectivity index is 2.66. The summed E-state index contributed by atoms with van der Waals surface area (Å²) in [5.74, 6) is -0.0194. The van der Waals surface area contributed by atoms with E-state index in [1.54, 1.807) is 13.1 Å². The van der Waals surface area contributed by atoms with E-state index in [2.05, 4.69) is 10.3 Å². The van der Waals surface area contributed by atoms with Crippen LogP contribution >= 0.6 is 0 Å². The molecule has 0 spiro atoms. The number of anilines is 1. The summed E-state index contributed by atoms with van der Waals surface area (Å²) in [4.78, 5) is 15.1. The summed E-state index contributed by atoms with van der Waals surface area (Å²) in [5, 5.41) is 3.11. The van der Waals surface area contributed by atoms with E-state index in [1.165, 1.54) is 0 Å². The van der Waals surface area contributed by atoms with Crippen LogP contribution in [0.25, 0.3) is 0 Å². The van der Waals surface area contributed by atoms with Crippen LogP contribution in [0.2, 0.25) is 0 Å². The molecule has 0 saturated heterocycles. The van der Waals surface area contributed by atoms with Crippen LogP contribution in [0.3, 0.4) is 0 Å². The van der Waals surface area contributed by atoms with Crippen molar-refractivity contribution < 1.29 is 9.53 Å². The Labute approximate surface area is 101 Å². The van der Waals surface area contributed by atoms with E-state index >= 15 is 0 Å². The van der Waals surface area contributed by atoms with Crippen molar-refractivity contribution in [2.24, 2.45) is 11.7 Å². The van der Waals surface area contributed by atoms with Crippen molar-refractivity contribution in [1.29, 1.82) is 0 Å². The Bertz CT molecular complexity index is 380. The van der Waals surface area contributed by atoms with Gasteiger partial charge in [0.05, 0.1) is 17.7 Å². The molecule has 94 valence electrons. The molecule has 1 unspecified atom stereocenters. The van der Waals surface area contributed by atoms with Crippen LogP contribution in [-0.2, 0) is 4.79 Å². The van der Waals surface area contributed by atoms with E-state index in [0.717, 1.165) is 5.69 Å². The number of primary amides is 1. The van der Waals surface area contributed by atoms with Crippen molar-refractivity contribution in [1.82, 2.24) is 4.98 Å². The highest BCUT2D eigenvalue weighted by atomic mass is 16.5. The number of hydrogen-bond donors (Lipinski definition) is 2. The van der Waals surface area contributed by atoms with Gasteiger partial charge in [-0.05, 0) is 26.0 Å². The van der Waals surface area contributed by atoms with Gasteiger partial charge in [-0.3, -0.25) is 4.79 Å². The Hall–Kier alpha value is -1.78. The van der Waals surface area contributed by atoms with Crippen molar-refractivity contribution >= 4 is 11.6 Å². The zero-order valence-corrected chi connectivity index (χ0v) is 10.4. The highest BCUT2D eigenvalue weighted by Gasteiger charge is 2.11. The predicted octanol–water partition coefficient (Wildman–Crippen LogP) is 1.40. The fraction of sp³-hybridized carbons (Fsp3) is 0.500. The minimum absolute atomic E-state index is 0.0546. The second-order valence-corrected chi connectivity index (χ2v) is 4.21. The van der Waals surface area contributed by atoms with Gasteiger partial charge < -0.3 is 15.8 Å². The number of carbonyl (C=O) groups is 1. The highest BCUT2D eigenvalue weighted by Crippen LogP contribution is 2.21. The van der Waals surface area contributed by atoms with Gasteiger partial charge in [0, 0.05) is 12.7 Å². The monoisotopic (exact) mass is 237 g/mol. The molecule has 0 radical (unpaired) electrons. The first-order valence-corrected chi connectivity index (χ1v) is 5.65. The highest BCUT2D eigenvalue weighted by molar-refractivity contribution is 5.77. The molecule has 1 amide bonds. The first-order chi connectivity index (χ1) is 8.00. The number of amides is 1. The van der Waals surface area contributed by atoms with Crippen LogP contribution in [0, 0.1) is 5.92 Å². The molecule has 1 rings (SSSR count). The van der Waals surface area contributed by atoms with E-state index in [1.807, 2.05) is 26.0 Å². The van der Waals surface area contributed by atoms with Gasteiger partial charge in [-0.25, -0.2) is 4.98 Å². The maximum Gasteiger partial charge on any atom is 0.237 e. The Kier molecular flexibility index (Phi) is 4.75. The molecule has 5 nitrogen and oxygen atoms in total. The van der Waals surface area contributed by atoms with E-state index < -0.39 is 0 Å². The number of nitrogens with zero attached hydrogens (tertiary/aromatic N) is 1. The Morgan fingerprint density at radius 1 is 1.53 bits per heavy atom. The Morgan fingerprint density at radius 2 is 2.24 bits per heavy atom. The summed E-state index contributed by atoms with van der Waals surface area (Å²) in [6.07, 6.45) is 1.72. The first-order valence-electron chi connectivity index (χ1n) is 5.65. The number of nitrogens with two attached hydrogens (primary N) is 1. The third-order valence-electron chi connectivity index (χ3n) is 2.20. The lowest BCUT2D eigenvalue weighted by atomic mass is 10.1. The van der Waals surface area contributed by atoms with Gasteiger partial charge in [0.2, 0.25) is 11.8 Å². The average molecular weight is 237 g/mol. The van der Waals surface area contributed by atoms with Crippen molar-refractivity contribution in [3.05, 3.63) is 18.3 Å². The van der Waals surface area contributed by atoms with Crippen molar-refractivity contribution in [3.8, 4) is 5.88 Å². The van der Waals surface area contributed by atoms with Gasteiger partial charge in [0.1, 0.15) is 0 Å². The lowest BCUT2D eigenvalue weighted by molar-refractivity contribution is -0.120. The second kappa shape index (κ2) is 6.08. The van der Waals surface area contributed by atoms with Crippen LogP contribution in [0.4, 0.5) is 5.69 Å². The maximum atomic E-state index is 10.9. The zero-order valence-electron chi connectivity index (χ0n) is 10.4. The van der Waals surface area contributed by atoms with Gasteiger partial charge in [0.25, 0.3) is 0 Å². The lowest BCUT2D eigenvalue weighted by Gasteiger charge is -2.15. The van der Waals surface area contributed by atoms with Crippen LogP contribution in [-0.4, -0.2) is 23.5 Å². The second-order valence-electron chi connectivity index (χ2n) is 4.21. The fourth-order valence-electron chi connectivity index (χ4n) is 1.21. The largest absolute Gasteiger partial charge is 0.473 e. The fourth-order valence-corrected chi connectivity index (χ4v) is 1.21. The predicted molar refractivity (Wildman–Crippen MR) is 66.8 cm³/mol. The van der Waals surface area contributed by atoms with Gasteiger partial charge in [-0.2, -0.15) is 0 Å². The number of aromatic nitrogens is 1. The molecule has 0 aliphatic heterocycles. The number of nitrogens with one attached hydrogen (secondary N) is 1. The molecule has 17 heavy (non-hydrogen) atoms. The minimum Gasteiger partial charge on any atom is -0.473 e. The number of rotatable bonds is 6. The van der Waals surface area contributed by atoms with Crippen LogP contribution < -0.4 is 15.8 Å². The molecule has 0 aliphatic rings. The number of ether oxygens (including phenoxy) is 1. The topological polar surface area (TPSA) is 77.2 Å². The zero-order chi connectivity index (χ0) is 12.8. The number of pyridine rings is 1. The average Bonchev–Trinajstić information content (AvgIpc) is 2.26. The van der Waals surface area contributed by atoms with Crippen molar-refractivity contribution in [2.45, 2.75) is 26.9 Å². The van der Waals surface area contributed by atoms with Crippen LogP contribution in [0.5, 0.6) is 5.88 Å². The molecule has 1 aromatic rings. The van der Waals surface area contributed by atoms with Gasteiger partial charge in [0.15, 0.2) is 0 Å². The van der Waals surface area contributed by atoms with Crippen molar-refractivity contribution in [2.75, 3.05) is 11.9 Å². The van der Waals surface area contributed by atoms with Crippen molar-refractivity contribution in [3.63, 3.8) is 0 Å². The summed E-state index contributed by atoms with van der Waals surface area (Å²) >= 11 is 0. The third kappa shape index (κ3) is 4.30. The quantitative estimate of drug-likeness (QED) is 0.784. The van der Waals surface area contributed by atoms with E-state index in [9.17, 15) is 4.79 Å². The molecule has 3 N–H and O–H groups in total. The summed E-state index contributed by atoms with van der Waals surface area (Å²) in [5.41, 5.74) is 5.97. The minimum atomic E-state index is -0.326. The van der Waals surface area contributed by atoms with E-state index in [-0.39, 0.29) is 17.9 Å². The summed E-state index contributed by atoms with van der Waals surface area (Å²) in [6.45, 7) is 6.11. The molecule has 1 heterocycles. The lowest BCUT2D eigenvalue weighted by Crippen LogP contribution is -2.27. The van der Waals surface area contributed by atoms with Gasteiger partial charge >= 0.3 is 0 Å². The smallest absolute Gasteiger partial charge is 0.237 e. The summed E-state index contributed by atoms with van der Waals surface area (Å²) in [6, 6.07) is 3.67. The molecule has 0 aromatic carbocycles. The molecular weight excluding hydrogens is 218 g/mol. The van der Waals surface area contributed by atoms with Gasteiger partial charge in [-0.15, -0.1) is 0 Å². The first kappa shape index (κ1) is 13.3. The molecule has 1 atom stereocenters. The molecule has 0 saturated carbocycles. The maximum absolute atomic E-state index is 10.9. The molecule has 0 bridgehead atoms. The van der Waals surface area contributed by atoms with Gasteiger partial charge in [-0.1, -0.05) is 6.92 Å². The normalized spacial score (nSPS) is 12.2. The third-order valence-corrected chi connectivity index (χ3v) is 2.20. The number of carbonyl (C=O) groups excluding carboxylic acids is 1. The summed E-state index contributed by atoms with van der Waals surface area (Å²) < 4.78 is 5.55. The van der Waals surface area contributed by atoms with Crippen LogP contribution in [0.15, 0.2) is 18.3 Å².